The van der Waals surface area contributed by atoms with E-state index in [1.54, 1.807) is 4.90 Å². The fourth-order valence-corrected chi connectivity index (χ4v) is 4.58. The number of carbonyl (C=O) groups is 2. The standard InChI is InChI=1S/C25H24F2N4O9/c26-16-7-13(31-10-14(11-32)39-23(31)34)1-2-18(16)38-12-25(37)3-5-30(6-4-25)22-17(27)8-15-20(33)19(40-24(35)36)9-28-21(15)29-22/h1-2,7-9,14,32,37H,3-6,10-12H2,(H,35,36)(H,28,29,33)/t14-/m1/s1. The highest BCUT2D eigenvalue weighted by Crippen LogP contribution is 2.31. The van der Waals surface area contributed by atoms with Crippen LogP contribution >= 0.6 is 0 Å². The Bertz CT molecular complexity index is 1520. The lowest BCUT2D eigenvalue weighted by molar-refractivity contribution is -0.0251. The van der Waals surface area contributed by atoms with Gasteiger partial charge in [0.05, 0.1) is 24.2 Å². The van der Waals surface area contributed by atoms with Crippen LogP contribution in [-0.4, -0.2) is 82.1 Å². The van der Waals surface area contributed by atoms with E-state index in [0.717, 1.165) is 18.3 Å². The number of hydrogen-bond acceptors (Lipinski definition) is 10. The molecule has 2 saturated heterocycles. The Labute approximate surface area is 224 Å². The van der Waals surface area contributed by atoms with Gasteiger partial charge in [0, 0.05) is 25.4 Å². The molecular weight excluding hydrogens is 538 g/mol. The molecule has 212 valence electrons. The number of carboxylic acid groups (broad SMARTS) is 1. The van der Waals surface area contributed by atoms with Crippen LogP contribution in [0.25, 0.3) is 11.0 Å². The quantitative estimate of drug-likeness (QED) is 0.310. The number of pyridine rings is 2. The van der Waals surface area contributed by atoms with Crippen molar-refractivity contribution < 1.29 is 47.9 Å². The minimum absolute atomic E-state index is 0.0244. The predicted molar refractivity (Wildman–Crippen MR) is 134 cm³/mol. The third-order valence-electron chi connectivity index (χ3n) is 6.76. The molecule has 0 unspecified atom stereocenters. The van der Waals surface area contributed by atoms with Crippen LogP contribution in [0.4, 0.5) is 29.9 Å². The number of nitrogens with zero attached hydrogens (tertiary/aromatic N) is 3. The molecule has 2 aliphatic heterocycles. The van der Waals surface area contributed by atoms with Gasteiger partial charge in [-0.25, -0.2) is 23.4 Å². The monoisotopic (exact) mass is 562 g/mol. The zero-order valence-corrected chi connectivity index (χ0v) is 20.8. The van der Waals surface area contributed by atoms with Crippen molar-refractivity contribution in [2.45, 2.75) is 24.5 Å². The Hall–Kier alpha value is -4.50. The topological polar surface area (TPSA) is 175 Å². The number of hydrogen-bond donors (Lipinski definition) is 4. The minimum Gasteiger partial charge on any atom is -0.488 e. The molecule has 0 bridgehead atoms. The molecule has 13 nitrogen and oxygen atoms in total. The first-order valence-electron chi connectivity index (χ1n) is 12.2. The van der Waals surface area contributed by atoms with Crippen LogP contribution in [0, 0.1) is 11.6 Å². The second kappa shape index (κ2) is 10.6. The smallest absolute Gasteiger partial charge is 0.488 e. The van der Waals surface area contributed by atoms with E-state index in [-0.39, 0.29) is 74.0 Å². The maximum absolute atomic E-state index is 14.9. The van der Waals surface area contributed by atoms with Gasteiger partial charge in [-0.3, -0.25) is 9.69 Å². The molecule has 0 spiro atoms. The second-order valence-electron chi connectivity index (χ2n) is 9.45. The van der Waals surface area contributed by atoms with Gasteiger partial charge < -0.3 is 39.4 Å². The SMILES string of the molecule is O=C(O)Oc1c[nH]c2nc(N3CCC(O)(COc4ccc(N5C[C@H](CO)OC5=O)cc4F)CC3)c(F)cc2c1=O. The van der Waals surface area contributed by atoms with E-state index in [9.17, 15) is 28.3 Å². The molecule has 4 heterocycles. The maximum Gasteiger partial charge on any atom is 0.511 e. The van der Waals surface area contributed by atoms with Crippen molar-refractivity contribution in [2.75, 3.05) is 42.6 Å². The Kier molecular flexibility index (Phi) is 7.16. The summed E-state index contributed by atoms with van der Waals surface area (Å²) in [6.07, 6.45) is -1.79. The number of cyclic esters (lactones) is 1. The number of piperidine rings is 1. The van der Waals surface area contributed by atoms with Crippen molar-refractivity contribution in [1.29, 1.82) is 0 Å². The molecule has 1 aromatic carbocycles. The van der Waals surface area contributed by atoms with Gasteiger partial charge in [-0.2, -0.15) is 0 Å². The van der Waals surface area contributed by atoms with E-state index >= 15 is 0 Å². The molecule has 1 atom stereocenters. The Morgan fingerprint density at radius 3 is 2.58 bits per heavy atom. The fraction of sp³-hybridized carbons (Fsp3) is 0.360. The fourth-order valence-electron chi connectivity index (χ4n) is 4.58. The Morgan fingerprint density at radius 2 is 1.93 bits per heavy atom. The number of rotatable bonds is 7. The highest BCUT2D eigenvalue weighted by atomic mass is 19.1. The number of aliphatic hydroxyl groups is 2. The summed E-state index contributed by atoms with van der Waals surface area (Å²) in [5, 5.41) is 28.7. The summed E-state index contributed by atoms with van der Waals surface area (Å²) in [6, 6.07) is 4.82. The van der Waals surface area contributed by atoms with Gasteiger partial charge in [0.25, 0.3) is 0 Å². The first kappa shape index (κ1) is 27.1. The zero-order chi connectivity index (χ0) is 28.6. The Morgan fingerprint density at radius 1 is 1.18 bits per heavy atom. The van der Waals surface area contributed by atoms with Crippen molar-refractivity contribution >= 4 is 34.8 Å². The summed E-state index contributed by atoms with van der Waals surface area (Å²) in [5.41, 5.74) is -1.93. The lowest BCUT2D eigenvalue weighted by atomic mass is 9.92. The summed E-state index contributed by atoms with van der Waals surface area (Å²) in [7, 11) is 0. The van der Waals surface area contributed by atoms with E-state index in [1.807, 2.05) is 0 Å². The molecule has 2 aliphatic rings. The molecular formula is C25H24F2N4O9. The average molecular weight is 562 g/mol. The van der Waals surface area contributed by atoms with Crippen molar-refractivity contribution in [3.05, 3.63) is 52.3 Å². The van der Waals surface area contributed by atoms with Crippen molar-refractivity contribution in [1.82, 2.24) is 9.97 Å². The van der Waals surface area contributed by atoms with Crippen LogP contribution in [0.15, 0.2) is 35.3 Å². The van der Waals surface area contributed by atoms with Crippen molar-refractivity contribution in [2.24, 2.45) is 0 Å². The largest absolute Gasteiger partial charge is 0.511 e. The number of halogens is 2. The van der Waals surface area contributed by atoms with E-state index in [0.29, 0.717) is 0 Å². The zero-order valence-electron chi connectivity index (χ0n) is 20.8. The molecule has 40 heavy (non-hydrogen) atoms. The highest BCUT2D eigenvalue weighted by molar-refractivity contribution is 5.89. The Balaban J connectivity index is 1.22. The molecule has 4 N–H and O–H groups in total. The molecule has 2 aromatic heterocycles. The minimum atomic E-state index is -1.69. The van der Waals surface area contributed by atoms with Crippen LogP contribution in [0.5, 0.6) is 11.5 Å². The number of anilines is 2. The van der Waals surface area contributed by atoms with Crippen LogP contribution in [0.3, 0.4) is 0 Å². The molecule has 0 saturated carbocycles. The number of aromatic amines is 1. The van der Waals surface area contributed by atoms with Crippen LogP contribution in [0.2, 0.25) is 0 Å². The molecule has 0 aliphatic carbocycles. The molecule has 15 heteroatoms. The normalized spacial score (nSPS) is 18.6. The maximum atomic E-state index is 14.9. The van der Waals surface area contributed by atoms with Crippen LogP contribution < -0.4 is 24.7 Å². The summed E-state index contributed by atoms with van der Waals surface area (Å²) in [5.74, 6) is -2.29. The van der Waals surface area contributed by atoms with Crippen molar-refractivity contribution in [3.63, 3.8) is 0 Å². The van der Waals surface area contributed by atoms with Crippen LogP contribution in [0.1, 0.15) is 12.8 Å². The summed E-state index contributed by atoms with van der Waals surface area (Å²) < 4.78 is 44.5. The second-order valence-corrected chi connectivity index (χ2v) is 9.45. The van der Waals surface area contributed by atoms with Gasteiger partial charge in [-0.1, -0.05) is 0 Å². The van der Waals surface area contributed by atoms with Gasteiger partial charge in [0.1, 0.15) is 24.0 Å². The van der Waals surface area contributed by atoms with Gasteiger partial charge in [0.15, 0.2) is 29.0 Å². The van der Waals surface area contributed by atoms with Crippen LogP contribution in [-0.2, 0) is 4.74 Å². The third-order valence-corrected chi connectivity index (χ3v) is 6.76. The molecule has 0 radical (unpaired) electrons. The number of nitrogens with one attached hydrogen (secondary N) is 1. The van der Waals surface area contributed by atoms with Gasteiger partial charge in [-0.05, 0) is 31.0 Å². The van der Waals surface area contributed by atoms with E-state index < -0.39 is 46.8 Å². The van der Waals surface area contributed by atoms with Crippen molar-refractivity contribution in [3.8, 4) is 11.5 Å². The lowest BCUT2D eigenvalue weighted by Crippen LogP contribution is -2.48. The van der Waals surface area contributed by atoms with Gasteiger partial charge in [-0.15, -0.1) is 0 Å². The number of benzene rings is 1. The summed E-state index contributed by atoms with van der Waals surface area (Å²) >= 11 is 0. The number of carbonyl (C=O) groups excluding carboxylic acids is 1. The molecule has 5 rings (SSSR count). The van der Waals surface area contributed by atoms with Gasteiger partial charge in [0.2, 0.25) is 5.43 Å². The van der Waals surface area contributed by atoms with E-state index in [2.05, 4.69) is 14.7 Å². The number of ether oxygens (including phenoxy) is 3. The summed E-state index contributed by atoms with van der Waals surface area (Å²) in [6.45, 7) is -0.179. The third kappa shape index (κ3) is 5.33. The average Bonchev–Trinajstić information content (AvgIpc) is 3.31. The summed E-state index contributed by atoms with van der Waals surface area (Å²) in [4.78, 5) is 44.6. The lowest BCUT2D eigenvalue weighted by Gasteiger charge is -2.38. The van der Waals surface area contributed by atoms with E-state index in [1.165, 1.54) is 17.0 Å². The molecule has 2 fully saturated rings. The molecule has 1 amide bonds. The number of aromatic nitrogens is 2. The first-order chi connectivity index (χ1) is 19.1. The number of amides is 1. The van der Waals surface area contributed by atoms with Gasteiger partial charge >= 0.3 is 12.2 Å². The van der Waals surface area contributed by atoms with E-state index in [4.69, 9.17) is 19.7 Å². The number of aliphatic hydroxyl groups excluding tert-OH is 1. The first-order valence-corrected chi connectivity index (χ1v) is 12.2. The highest BCUT2D eigenvalue weighted by Gasteiger charge is 2.35. The number of fused-ring (bicyclic) bond motifs is 1. The molecule has 3 aromatic rings. The number of H-pyrrole nitrogens is 1. The predicted octanol–water partition coefficient (Wildman–Crippen LogP) is 1.99.